The molecule has 0 aromatic heterocycles. The van der Waals surface area contributed by atoms with Gasteiger partial charge in [-0.05, 0) is 26.2 Å². The number of hydrogen-bond acceptors (Lipinski definition) is 1. The molecule has 0 aliphatic rings. The molecule has 0 saturated heterocycles. The highest BCUT2D eigenvalue weighted by atomic mass is 28.4. The van der Waals surface area contributed by atoms with E-state index < -0.39 is 18.1 Å². The van der Waals surface area contributed by atoms with Gasteiger partial charge in [-0.25, -0.2) is 0 Å². The molecule has 0 aliphatic heterocycles. The van der Waals surface area contributed by atoms with Gasteiger partial charge in [-0.15, -0.1) is 0 Å². The van der Waals surface area contributed by atoms with Crippen LogP contribution in [-0.2, 0) is 4.12 Å². The Morgan fingerprint density at radius 1 is 0.778 bits per heavy atom. The molecule has 0 N–H and O–H groups in total. The predicted octanol–water partition coefficient (Wildman–Crippen LogP) is 2.24. The van der Waals surface area contributed by atoms with Crippen LogP contribution in [0.1, 0.15) is 14.9 Å². The Labute approximate surface area is 63.9 Å². The Balaban J connectivity index is -0.000000180. The summed E-state index contributed by atoms with van der Waals surface area (Å²) in [5, 5.41) is 0. The Kier molecular flexibility index (Phi) is 15.1. The van der Waals surface area contributed by atoms with Gasteiger partial charge in [0.2, 0.25) is 0 Å². The van der Waals surface area contributed by atoms with E-state index in [0.717, 1.165) is 0 Å². The lowest BCUT2D eigenvalue weighted by molar-refractivity contribution is 0.608. The van der Waals surface area contributed by atoms with Gasteiger partial charge >= 0.3 is 0 Å². The van der Waals surface area contributed by atoms with Crippen molar-refractivity contribution in [1.82, 2.24) is 0 Å². The molecule has 1 nitrogen and oxygen atoms in total. The molecule has 0 rings (SSSR count). The third-order valence-corrected chi connectivity index (χ3v) is 4.90. The Morgan fingerprint density at radius 3 is 1.00 bits per heavy atom. The van der Waals surface area contributed by atoms with Crippen molar-refractivity contribution >= 4 is 18.1 Å². The molecule has 60 valence electrons. The summed E-state index contributed by atoms with van der Waals surface area (Å²) in [6, 6.07) is 0. The summed E-state index contributed by atoms with van der Waals surface area (Å²) >= 11 is 0. The van der Waals surface area contributed by atoms with Gasteiger partial charge in [0.25, 0.3) is 0 Å². The monoisotopic (exact) mass is 166 g/mol. The molecule has 3 heteroatoms. The van der Waals surface area contributed by atoms with E-state index >= 15 is 0 Å². The lowest BCUT2D eigenvalue weighted by Crippen LogP contribution is -2.17. The fourth-order valence-corrected chi connectivity index (χ4v) is 4.90. The van der Waals surface area contributed by atoms with E-state index in [1.807, 2.05) is 0 Å². The summed E-state index contributed by atoms with van der Waals surface area (Å²) in [7, 11) is -1.33. The van der Waals surface area contributed by atoms with E-state index in [1.165, 1.54) is 0 Å². The molecular formula is C6H22OSi2. The van der Waals surface area contributed by atoms with Crippen molar-refractivity contribution in [3.63, 3.8) is 0 Å². The summed E-state index contributed by atoms with van der Waals surface area (Å²) in [6.45, 7) is 8.86. The average Bonchev–Trinajstić information content (AvgIpc) is 1.27. The van der Waals surface area contributed by atoms with Gasteiger partial charge in [-0.2, -0.15) is 0 Å². The van der Waals surface area contributed by atoms with Crippen LogP contribution in [0.2, 0.25) is 26.2 Å². The van der Waals surface area contributed by atoms with Crippen LogP contribution in [0.4, 0.5) is 0 Å². The minimum Gasteiger partial charge on any atom is -0.461 e. The molecular weight excluding hydrogens is 144 g/mol. The third-order valence-electron chi connectivity index (χ3n) is 0.544. The van der Waals surface area contributed by atoms with Crippen LogP contribution < -0.4 is 0 Å². The second-order valence-electron chi connectivity index (χ2n) is 2.23. The van der Waals surface area contributed by atoms with Gasteiger partial charge in [-0.3, -0.25) is 0 Å². The van der Waals surface area contributed by atoms with Crippen molar-refractivity contribution in [2.45, 2.75) is 41.0 Å². The molecule has 0 fully saturated rings. The van der Waals surface area contributed by atoms with Gasteiger partial charge in [0, 0.05) is 0 Å². The maximum atomic E-state index is 5.53. The summed E-state index contributed by atoms with van der Waals surface area (Å²) in [4.78, 5) is 0. The van der Waals surface area contributed by atoms with Crippen molar-refractivity contribution in [3.8, 4) is 0 Å². The Morgan fingerprint density at radius 2 is 1.00 bits per heavy atom. The van der Waals surface area contributed by atoms with Crippen LogP contribution in [0.25, 0.3) is 0 Å². The van der Waals surface area contributed by atoms with E-state index in [1.54, 1.807) is 0 Å². The first-order chi connectivity index (χ1) is 3.13. The lowest BCUT2D eigenvalue weighted by atomic mass is 11.9. The quantitative estimate of drug-likeness (QED) is 0.572. The van der Waals surface area contributed by atoms with Crippen LogP contribution in [0, 0.1) is 0 Å². The first-order valence-corrected chi connectivity index (χ1v) is 8.34. The predicted molar refractivity (Wildman–Crippen MR) is 52.3 cm³/mol. The van der Waals surface area contributed by atoms with Crippen molar-refractivity contribution < 1.29 is 4.12 Å². The van der Waals surface area contributed by atoms with Crippen molar-refractivity contribution in [3.05, 3.63) is 0 Å². The Bertz CT molecular complexity index is 40.3. The number of hydrogen-bond donors (Lipinski definition) is 0. The summed E-state index contributed by atoms with van der Waals surface area (Å²) in [5.74, 6) is 0. The summed E-state index contributed by atoms with van der Waals surface area (Å²) in [6.07, 6.45) is 0. The molecule has 0 aliphatic carbocycles. The zero-order valence-corrected chi connectivity index (χ0v) is 7.87. The van der Waals surface area contributed by atoms with E-state index in [0.29, 0.717) is 0 Å². The molecule has 0 aromatic carbocycles. The first-order valence-electron chi connectivity index (χ1n) is 2.78. The highest BCUT2D eigenvalue weighted by Gasteiger charge is 1.97. The minimum atomic E-state index is -0.667. The molecule has 0 atom stereocenters. The maximum absolute atomic E-state index is 5.53. The van der Waals surface area contributed by atoms with Crippen LogP contribution in [0.3, 0.4) is 0 Å². The highest BCUT2D eigenvalue weighted by molar-refractivity contribution is 6.63. The number of rotatable bonds is 2. The normalized spacial score (nSPS) is 8.67. The topological polar surface area (TPSA) is 9.23 Å². The molecule has 9 heavy (non-hydrogen) atoms. The molecule has 0 saturated carbocycles. The lowest BCUT2D eigenvalue weighted by Gasteiger charge is -2.07. The largest absolute Gasteiger partial charge is 0.461 e. The fraction of sp³-hybridized carbons (Fsp3) is 1.00. The van der Waals surface area contributed by atoms with Crippen LogP contribution in [0.5, 0.6) is 0 Å². The van der Waals surface area contributed by atoms with Crippen molar-refractivity contribution in [1.29, 1.82) is 0 Å². The van der Waals surface area contributed by atoms with Crippen molar-refractivity contribution in [2.75, 3.05) is 0 Å². The van der Waals surface area contributed by atoms with Gasteiger partial charge in [0.15, 0.2) is 18.1 Å². The zero-order chi connectivity index (χ0) is 5.86. The standard InChI is InChI=1S/C4H14OSi2.2CH4/c1-6(2)5-7(3)4;;/h6-7H,1-4H3;2*1H4. The van der Waals surface area contributed by atoms with Gasteiger partial charge in [-0.1, -0.05) is 14.9 Å². The Hall–Kier alpha value is 0.394. The SMILES string of the molecule is C.C.C[SiH](C)O[SiH](C)C. The van der Waals surface area contributed by atoms with Crippen molar-refractivity contribution in [2.24, 2.45) is 0 Å². The molecule has 0 amide bonds. The summed E-state index contributed by atoms with van der Waals surface area (Å²) < 4.78 is 5.53. The minimum absolute atomic E-state index is 0. The molecule has 0 spiro atoms. The second-order valence-corrected chi connectivity index (χ2v) is 7.52. The molecule has 0 bridgehead atoms. The van der Waals surface area contributed by atoms with Crippen LogP contribution in [0.15, 0.2) is 0 Å². The zero-order valence-electron chi connectivity index (χ0n) is 5.56. The van der Waals surface area contributed by atoms with E-state index in [9.17, 15) is 0 Å². The molecule has 0 unspecified atom stereocenters. The van der Waals surface area contributed by atoms with Gasteiger partial charge in [0.1, 0.15) is 0 Å². The fourth-order valence-electron chi connectivity index (χ4n) is 0.544. The first kappa shape index (κ1) is 16.2. The smallest absolute Gasteiger partial charge is 0.156 e. The molecule has 0 aromatic rings. The third kappa shape index (κ3) is 17.8. The average molecular weight is 166 g/mol. The van der Waals surface area contributed by atoms with Crippen LogP contribution in [-0.4, -0.2) is 18.1 Å². The van der Waals surface area contributed by atoms with Crippen LogP contribution >= 0.6 is 0 Å². The molecule has 0 radical (unpaired) electrons. The van der Waals surface area contributed by atoms with Gasteiger partial charge < -0.3 is 4.12 Å². The van der Waals surface area contributed by atoms with E-state index in [2.05, 4.69) is 26.2 Å². The summed E-state index contributed by atoms with van der Waals surface area (Å²) in [5.41, 5.74) is 0. The maximum Gasteiger partial charge on any atom is 0.156 e. The highest BCUT2D eigenvalue weighted by Crippen LogP contribution is 1.87. The second kappa shape index (κ2) is 8.39. The van der Waals surface area contributed by atoms with E-state index in [-0.39, 0.29) is 14.9 Å². The van der Waals surface area contributed by atoms with E-state index in [4.69, 9.17) is 4.12 Å². The molecule has 0 heterocycles. The van der Waals surface area contributed by atoms with Gasteiger partial charge in [0.05, 0.1) is 0 Å².